The Labute approximate surface area is 199 Å². The van der Waals surface area contributed by atoms with Gasteiger partial charge in [0.1, 0.15) is 11.9 Å². The van der Waals surface area contributed by atoms with Crippen molar-refractivity contribution in [2.24, 2.45) is 5.92 Å². The Balaban J connectivity index is 1.90. The summed E-state index contributed by atoms with van der Waals surface area (Å²) in [6.07, 6.45) is 0.356. The second-order valence-electron chi connectivity index (χ2n) is 8.26. The van der Waals surface area contributed by atoms with Crippen molar-refractivity contribution in [2.45, 2.75) is 39.4 Å². The van der Waals surface area contributed by atoms with Gasteiger partial charge in [0.25, 0.3) is 0 Å². The van der Waals surface area contributed by atoms with Gasteiger partial charge in [0.05, 0.1) is 0 Å². The summed E-state index contributed by atoms with van der Waals surface area (Å²) in [6, 6.07) is 22.1. The molecular weight excluding hydrogens is 439 g/mol. The zero-order chi connectivity index (χ0) is 23.8. The molecule has 0 aliphatic heterocycles. The summed E-state index contributed by atoms with van der Waals surface area (Å²) in [6.45, 7) is 4.07. The highest BCUT2D eigenvalue weighted by Crippen LogP contribution is 2.19. The first-order valence-electron chi connectivity index (χ1n) is 10.9. The third-order valence-corrected chi connectivity index (χ3v) is 5.77. The van der Waals surface area contributed by atoms with E-state index in [0.717, 1.165) is 16.7 Å². The van der Waals surface area contributed by atoms with Crippen LogP contribution in [0.15, 0.2) is 78.9 Å². The summed E-state index contributed by atoms with van der Waals surface area (Å²) >= 11 is 6.25. The highest BCUT2D eigenvalue weighted by molar-refractivity contribution is 6.31. The molecule has 3 aromatic rings. The van der Waals surface area contributed by atoms with E-state index in [9.17, 15) is 14.0 Å². The molecule has 0 fully saturated rings. The van der Waals surface area contributed by atoms with Gasteiger partial charge in [-0.1, -0.05) is 86.1 Å². The maximum atomic E-state index is 13.4. The van der Waals surface area contributed by atoms with E-state index in [2.05, 4.69) is 5.32 Å². The van der Waals surface area contributed by atoms with E-state index in [4.69, 9.17) is 11.6 Å². The van der Waals surface area contributed by atoms with Crippen molar-refractivity contribution in [3.8, 4) is 0 Å². The number of nitrogens with one attached hydrogen (secondary N) is 1. The van der Waals surface area contributed by atoms with Gasteiger partial charge < -0.3 is 10.2 Å². The first kappa shape index (κ1) is 24.5. The van der Waals surface area contributed by atoms with Crippen LogP contribution in [0.3, 0.4) is 0 Å². The quantitative estimate of drug-likeness (QED) is 0.459. The fourth-order valence-electron chi connectivity index (χ4n) is 3.58. The molecule has 0 aliphatic carbocycles. The lowest BCUT2D eigenvalue weighted by molar-refractivity contribution is -0.143. The molecule has 0 spiro atoms. The molecular formula is C27H28ClFN2O2. The maximum absolute atomic E-state index is 13.4. The van der Waals surface area contributed by atoms with Crippen molar-refractivity contribution in [1.29, 1.82) is 0 Å². The molecule has 0 aromatic heterocycles. The van der Waals surface area contributed by atoms with Crippen LogP contribution in [0.1, 0.15) is 30.5 Å². The molecule has 0 aliphatic rings. The Morgan fingerprint density at radius 2 is 1.55 bits per heavy atom. The van der Waals surface area contributed by atoms with Crippen LogP contribution >= 0.6 is 11.6 Å². The standard InChI is InChI=1S/C27H28ClFN2O2/c1-19(2)27(33)31(18-21-12-14-23(29)15-13-21)25(16-20-8-4-3-5-9-20)26(32)30-17-22-10-6-7-11-24(22)28/h3-15,19,25H,16-18H2,1-2H3,(H,30,32)/t25-/m0/s1. The molecule has 0 saturated carbocycles. The topological polar surface area (TPSA) is 49.4 Å². The largest absolute Gasteiger partial charge is 0.350 e. The molecule has 172 valence electrons. The van der Waals surface area contributed by atoms with E-state index in [1.165, 1.54) is 12.1 Å². The van der Waals surface area contributed by atoms with Crippen molar-refractivity contribution in [2.75, 3.05) is 0 Å². The fourth-order valence-corrected chi connectivity index (χ4v) is 3.79. The van der Waals surface area contributed by atoms with Crippen LogP contribution in [0.5, 0.6) is 0 Å². The van der Waals surface area contributed by atoms with E-state index in [1.54, 1.807) is 36.9 Å². The number of nitrogens with zero attached hydrogens (tertiary/aromatic N) is 1. The minimum absolute atomic E-state index is 0.145. The molecule has 1 N–H and O–H groups in total. The molecule has 2 amide bonds. The molecule has 0 radical (unpaired) electrons. The number of benzene rings is 3. The van der Waals surface area contributed by atoms with Gasteiger partial charge in [-0.15, -0.1) is 0 Å². The number of hydrogen-bond acceptors (Lipinski definition) is 2. The van der Waals surface area contributed by atoms with Gasteiger partial charge in [-0.25, -0.2) is 4.39 Å². The van der Waals surface area contributed by atoms with Gasteiger partial charge in [0.2, 0.25) is 11.8 Å². The summed E-state index contributed by atoms with van der Waals surface area (Å²) in [7, 11) is 0. The van der Waals surface area contributed by atoms with Gasteiger partial charge in [0, 0.05) is 30.5 Å². The van der Waals surface area contributed by atoms with Gasteiger partial charge in [-0.3, -0.25) is 9.59 Å². The number of carbonyl (C=O) groups is 2. The molecule has 4 nitrogen and oxygen atoms in total. The maximum Gasteiger partial charge on any atom is 0.243 e. The average Bonchev–Trinajstić information content (AvgIpc) is 2.82. The highest BCUT2D eigenvalue weighted by Gasteiger charge is 2.31. The minimum atomic E-state index is -0.741. The Bertz CT molecular complexity index is 1070. The molecule has 6 heteroatoms. The van der Waals surface area contributed by atoms with Crippen LogP contribution in [0.2, 0.25) is 5.02 Å². The zero-order valence-corrected chi connectivity index (χ0v) is 19.6. The van der Waals surface area contributed by atoms with Gasteiger partial charge in [-0.2, -0.15) is 0 Å². The summed E-state index contributed by atoms with van der Waals surface area (Å²) in [5.41, 5.74) is 2.49. The van der Waals surface area contributed by atoms with E-state index in [0.29, 0.717) is 11.4 Å². The van der Waals surface area contributed by atoms with Crippen molar-refractivity contribution in [3.05, 3.63) is 106 Å². The zero-order valence-electron chi connectivity index (χ0n) is 18.8. The number of halogens is 2. The second-order valence-corrected chi connectivity index (χ2v) is 8.67. The molecule has 0 saturated heterocycles. The monoisotopic (exact) mass is 466 g/mol. The summed E-state index contributed by atoms with van der Waals surface area (Å²) in [5, 5.41) is 3.52. The molecule has 33 heavy (non-hydrogen) atoms. The van der Waals surface area contributed by atoms with Crippen LogP contribution in [-0.4, -0.2) is 22.8 Å². The van der Waals surface area contributed by atoms with E-state index < -0.39 is 6.04 Å². The van der Waals surface area contributed by atoms with Crippen molar-refractivity contribution >= 4 is 23.4 Å². The Kier molecular flexibility index (Phi) is 8.61. The fraction of sp³-hybridized carbons (Fsp3) is 0.259. The van der Waals surface area contributed by atoms with Crippen molar-refractivity contribution < 1.29 is 14.0 Å². The van der Waals surface area contributed by atoms with E-state index in [-0.39, 0.29) is 36.6 Å². The van der Waals surface area contributed by atoms with Crippen LogP contribution in [-0.2, 0) is 29.1 Å². The van der Waals surface area contributed by atoms with Gasteiger partial charge >= 0.3 is 0 Å². The third kappa shape index (κ3) is 6.90. The molecule has 1 atom stereocenters. The van der Waals surface area contributed by atoms with Gasteiger partial charge in [0.15, 0.2) is 0 Å². The Morgan fingerprint density at radius 3 is 2.18 bits per heavy atom. The number of rotatable bonds is 9. The summed E-state index contributed by atoms with van der Waals surface area (Å²) < 4.78 is 13.4. The number of hydrogen-bond donors (Lipinski definition) is 1. The minimum Gasteiger partial charge on any atom is -0.350 e. The third-order valence-electron chi connectivity index (χ3n) is 5.40. The van der Waals surface area contributed by atoms with E-state index >= 15 is 0 Å². The lowest BCUT2D eigenvalue weighted by Gasteiger charge is -2.33. The second kappa shape index (κ2) is 11.6. The molecule has 0 unspecified atom stereocenters. The van der Waals surface area contributed by atoms with Crippen molar-refractivity contribution in [3.63, 3.8) is 0 Å². The van der Waals surface area contributed by atoms with E-state index in [1.807, 2.05) is 48.5 Å². The van der Waals surface area contributed by atoms with Crippen LogP contribution in [0, 0.1) is 11.7 Å². The summed E-state index contributed by atoms with van der Waals surface area (Å²) in [4.78, 5) is 28.3. The number of amides is 2. The smallest absolute Gasteiger partial charge is 0.243 e. The lowest BCUT2D eigenvalue weighted by Crippen LogP contribution is -2.51. The predicted octanol–water partition coefficient (Wildman–Crippen LogP) is 5.39. The molecule has 3 aromatic carbocycles. The summed E-state index contributed by atoms with van der Waals surface area (Å²) in [5.74, 6) is -1.07. The SMILES string of the molecule is CC(C)C(=O)N(Cc1ccc(F)cc1)[C@@H](Cc1ccccc1)C(=O)NCc1ccccc1Cl. The normalized spacial score (nSPS) is 11.8. The molecule has 0 heterocycles. The van der Waals surface area contributed by atoms with Crippen LogP contribution < -0.4 is 5.32 Å². The van der Waals surface area contributed by atoms with Gasteiger partial charge in [-0.05, 0) is 34.9 Å². The molecule has 0 bridgehead atoms. The molecule has 3 rings (SSSR count). The first-order valence-corrected chi connectivity index (χ1v) is 11.3. The highest BCUT2D eigenvalue weighted by atomic mass is 35.5. The predicted molar refractivity (Wildman–Crippen MR) is 129 cm³/mol. The van der Waals surface area contributed by atoms with Crippen LogP contribution in [0.25, 0.3) is 0 Å². The van der Waals surface area contributed by atoms with Crippen molar-refractivity contribution in [1.82, 2.24) is 10.2 Å². The Hall–Kier alpha value is -3.18. The van der Waals surface area contributed by atoms with Crippen LogP contribution in [0.4, 0.5) is 4.39 Å². The number of carbonyl (C=O) groups excluding carboxylic acids is 2. The lowest BCUT2D eigenvalue weighted by atomic mass is 10.0. The average molecular weight is 467 g/mol. The first-order chi connectivity index (χ1) is 15.8. The Morgan fingerprint density at radius 1 is 0.909 bits per heavy atom.